The Morgan fingerprint density at radius 2 is 1.81 bits per heavy atom. The van der Waals surface area contributed by atoms with Crippen LogP contribution in [0.4, 0.5) is 4.39 Å². The lowest BCUT2D eigenvalue weighted by atomic mass is 10.1. The van der Waals surface area contributed by atoms with Gasteiger partial charge in [0.15, 0.2) is 6.29 Å². The molecule has 0 saturated carbocycles. The molecule has 0 unspecified atom stereocenters. The summed E-state index contributed by atoms with van der Waals surface area (Å²) in [6.45, 7) is 0. The highest BCUT2D eigenvalue weighted by atomic mass is 19.1. The lowest BCUT2D eigenvalue weighted by Gasteiger charge is -2.27. The highest BCUT2D eigenvalue weighted by Gasteiger charge is 2.49. The lowest BCUT2D eigenvalue weighted by molar-refractivity contribution is -0.143. The van der Waals surface area contributed by atoms with E-state index < -0.39 is 36.4 Å². The van der Waals surface area contributed by atoms with Crippen LogP contribution in [0.15, 0.2) is 24.3 Å². The number of ether oxygens (including phenoxy) is 1. The molecule has 0 radical (unpaired) electrons. The summed E-state index contributed by atoms with van der Waals surface area (Å²) in [7, 11) is 1.12. The Kier molecular flexibility index (Phi) is 3.84. The van der Waals surface area contributed by atoms with E-state index in [0.29, 0.717) is 0 Å². The van der Waals surface area contributed by atoms with Crippen molar-refractivity contribution in [3.8, 4) is 0 Å². The summed E-state index contributed by atoms with van der Waals surface area (Å²) in [6, 6.07) is 5.81. The normalized spacial score (nSPS) is 16.4. The smallest absolute Gasteiger partial charge is 0.305 e. The number of hydrogen-bond donors (Lipinski definition) is 0. The van der Waals surface area contributed by atoms with E-state index in [9.17, 15) is 23.6 Å². The van der Waals surface area contributed by atoms with Gasteiger partial charge in [-0.1, -0.05) is 12.1 Å². The Hall–Kier alpha value is -2.57. The Bertz CT molecular complexity index is 595. The van der Waals surface area contributed by atoms with Crippen molar-refractivity contribution in [1.29, 1.82) is 0 Å². The van der Waals surface area contributed by atoms with Gasteiger partial charge in [0.1, 0.15) is 0 Å². The minimum Gasteiger partial charge on any atom is -0.469 e. The molecule has 0 N–H and O–H groups in total. The average molecular weight is 293 g/mol. The van der Waals surface area contributed by atoms with Crippen molar-refractivity contribution in [2.45, 2.75) is 18.6 Å². The third-order valence-corrected chi connectivity index (χ3v) is 3.25. The molecule has 0 aliphatic carbocycles. The predicted octanol–water partition coefficient (Wildman–Crippen LogP) is 1.10. The molecule has 1 aliphatic heterocycles. The van der Waals surface area contributed by atoms with Gasteiger partial charge in [0.05, 0.1) is 24.7 Å². The molecular weight excluding hydrogens is 281 g/mol. The van der Waals surface area contributed by atoms with Crippen LogP contribution in [0, 0.1) is 0 Å². The van der Waals surface area contributed by atoms with E-state index in [1.54, 1.807) is 0 Å². The first-order chi connectivity index (χ1) is 9.94. The molecule has 1 aromatic carbocycles. The fourth-order valence-corrected chi connectivity index (χ4v) is 2.13. The minimum absolute atomic E-state index is 0.0319. The second-order valence-corrected chi connectivity index (χ2v) is 4.50. The summed E-state index contributed by atoms with van der Waals surface area (Å²) < 4.78 is 19.1. The van der Waals surface area contributed by atoms with Crippen molar-refractivity contribution in [1.82, 2.24) is 4.90 Å². The topological polar surface area (TPSA) is 80.8 Å². The number of halogens is 1. The zero-order valence-electron chi connectivity index (χ0n) is 11.2. The molecule has 2 amide bonds. The number of carbonyl (C=O) groups excluding carboxylic acids is 4. The molecule has 1 atom stereocenters. The number of methoxy groups -OCH3 is 1. The molecule has 7 heteroatoms. The van der Waals surface area contributed by atoms with Crippen LogP contribution in [0.1, 0.15) is 33.6 Å². The lowest BCUT2D eigenvalue weighted by Crippen LogP contribution is -2.50. The third-order valence-electron chi connectivity index (χ3n) is 3.25. The number of imide groups is 1. The molecule has 0 bridgehead atoms. The van der Waals surface area contributed by atoms with E-state index in [4.69, 9.17) is 0 Å². The molecule has 6 nitrogen and oxygen atoms in total. The summed E-state index contributed by atoms with van der Waals surface area (Å²) >= 11 is 0. The largest absolute Gasteiger partial charge is 0.469 e. The van der Waals surface area contributed by atoms with Gasteiger partial charge in [0.25, 0.3) is 11.8 Å². The highest BCUT2D eigenvalue weighted by Crippen LogP contribution is 2.32. The molecule has 0 fully saturated rings. The van der Waals surface area contributed by atoms with Crippen LogP contribution in [-0.2, 0) is 14.3 Å². The number of nitrogens with zero attached hydrogens (tertiary/aromatic N) is 1. The number of aldehydes is 1. The summed E-state index contributed by atoms with van der Waals surface area (Å²) in [6.07, 6.45) is -1.22. The van der Waals surface area contributed by atoms with E-state index in [1.807, 2.05) is 0 Å². The van der Waals surface area contributed by atoms with E-state index >= 15 is 0 Å². The second kappa shape index (κ2) is 5.43. The number of alkyl halides is 1. The monoisotopic (exact) mass is 293 g/mol. The van der Waals surface area contributed by atoms with Gasteiger partial charge in [-0.15, -0.1) is 0 Å². The van der Waals surface area contributed by atoms with Crippen LogP contribution in [0.5, 0.6) is 0 Å². The molecule has 21 heavy (non-hydrogen) atoms. The van der Waals surface area contributed by atoms with Gasteiger partial charge in [0.2, 0.25) is 5.79 Å². The Morgan fingerprint density at radius 1 is 1.29 bits per heavy atom. The van der Waals surface area contributed by atoms with Gasteiger partial charge in [-0.25, -0.2) is 9.29 Å². The maximum atomic E-state index is 14.7. The standard InChI is InChI=1S/C14H12FNO5/c1-21-11(18)6-7-14(15,8-17)16-12(19)9-4-2-3-5-10(9)13(16)20/h2-5,8H,6-7H2,1H3/t14-/m1/s1. The van der Waals surface area contributed by atoms with Crippen LogP contribution < -0.4 is 0 Å². The van der Waals surface area contributed by atoms with Crippen LogP contribution in [-0.4, -0.2) is 41.9 Å². The molecular formula is C14H12FNO5. The number of carbonyl (C=O) groups is 4. The summed E-state index contributed by atoms with van der Waals surface area (Å²) in [5, 5.41) is 0. The van der Waals surface area contributed by atoms with E-state index in [2.05, 4.69) is 4.74 Å². The average Bonchev–Trinajstić information content (AvgIpc) is 2.77. The van der Waals surface area contributed by atoms with Crippen LogP contribution in [0.2, 0.25) is 0 Å². The van der Waals surface area contributed by atoms with Crippen molar-refractivity contribution in [3.05, 3.63) is 35.4 Å². The Labute approximate surface area is 119 Å². The van der Waals surface area contributed by atoms with E-state index in [1.165, 1.54) is 24.3 Å². The quantitative estimate of drug-likeness (QED) is 0.351. The maximum absolute atomic E-state index is 14.7. The van der Waals surface area contributed by atoms with Crippen molar-refractivity contribution in [2.24, 2.45) is 0 Å². The van der Waals surface area contributed by atoms with E-state index in [-0.39, 0.29) is 22.3 Å². The second-order valence-electron chi connectivity index (χ2n) is 4.50. The number of benzene rings is 1. The molecule has 1 heterocycles. The van der Waals surface area contributed by atoms with Gasteiger partial charge in [-0.2, -0.15) is 0 Å². The third kappa shape index (κ3) is 2.42. The molecule has 2 rings (SSSR count). The molecule has 110 valence electrons. The van der Waals surface area contributed by atoms with Gasteiger partial charge >= 0.3 is 5.97 Å². The number of amides is 2. The summed E-state index contributed by atoms with van der Waals surface area (Å²) in [4.78, 5) is 46.7. The summed E-state index contributed by atoms with van der Waals surface area (Å²) in [5.41, 5.74) is 0.0638. The van der Waals surface area contributed by atoms with Gasteiger partial charge < -0.3 is 4.74 Å². The van der Waals surface area contributed by atoms with Crippen molar-refractivity contribution >= 4 is 24.1 Å². The minimum atomic E-state index is -2.87. The predicted molar refractivity (Wildman–Crippen MR) is 68.1 cm³/mol. The SMILES string of the molecule is COC(=O)CC[C@](F)(C=O)N1C(=O)c2ccccc2C1=O. The zero-order valence-corrected chi connectivity index (χ0v) is 11.2. The fourth-order valence-electron chi connectivity index (χ4n) is 2.13. The zero-order chi connectivity index (χ0) is 15.6. The Morgan fingerprint density at radius 3 is 2.24 bits per heavy atom. The van der Waals surface area contributed by atoms with Gasteiger partial charge in [-0.3, -0.25) is 19.2 Å². The molecule has 1 aliphatic rings. The van der Waals surface area contributed by atoms with E-state index in [0.717, 1.165) is 7.11 Å². The molecule has 1 aromatic rings. The maximum Gasteiger partial charge on any atom is 0.305 e. The molecule has 0 saturated heterocycles. The number of esters is 1. The number of fused-ring (bicyclic) bond motifs is 1. The highest BCUT2D eigenvalue weighted by molar-refractivity contribution is 6.22. The number of hydrogen-bond acceptors (Lipinski definition) is 5. The van der Waals surface area contributed by atoms with Gasteiger partial charge in [0, 0.05) is 6.42 Å². The first-order valence-corrected chi connectivity index (χ1v) is 6.14. The van der Waals surface area contributed by atoms with Crippen molar-refractivity contribution in [3.63, 3.8) is 0 Å². The van der Waals surface area contributed by atoms with Crippen molar-refractivity contribution < 1.29 is 28.3 Å². The van der Waals surface area contributed by atoms with Crippen molar-refractivity contribution in [2.75, 3.05) is 7.11 Å². The molecule has 0 spiro atoms. The fraction of sp³-hybridized carbons (Fsp3) is 0.286. The van der Waals surface area contributed by atoms with Crippen LogP contribution in [0.3, 0.4) is 0 Å². The summed E-state index contributed by atoms with van der Waals surface area (Å²) in [5.74, 6) is -5.40. The first-order valence-electron chi connectivity index (χ1n) is 6.14. The van der Waals surface area contributed by atoms with Crippen LogP contribution in [0.25, 0.3) is 0 Å². The van der Waals surface area contributed by atoms with Crippen LogP contribution >= 0.6 is 0 Å². The number of rotatable bonds is 5. The molecule has 0 aromatic heterocycles. The Balaban J connectivity index is 2.32. The van der Waals surface area contributed by atoms with Gasteiger partial charge in [-0.05, 0) is 12.1 Å². The first kappa shape index (κ1) is 14.8.